The lowest BCUT2D eigenvalue weighted by Gasteiger charge is -2.23. The Morgan fingerprint density at radius 1 is 0.957 bits per heavy atom. The van der Waals surface area contributed by atoms with E-state index in [0.29, 0.717) is 22.8 Å². The van der Waals surface area contributed by atoms with Gasteiger partial charge in [0.05, 0.1) is 21.3 Å². The van der Waals surface area contributed by atoms with Crippen LogP contribution in [0.25, 0.3) is 0 Å². The van der Waals surface area contributed by atoms with Gasteiger partial charge in [-0.25, -0.2) is 0 Å². The molecule has 1 N–H and O–H groups in total. The highest BCUT2D eigenvalue weighted by Gasteiger charge is 2.27. The number of rotatable bonds is 5. The largest absolute Gasteiger partial charge is 0.493 e. The van der Waals surface area contributed by atoms with Crippen molar-refractivity contribution in [1.29, 1.82) is 0 Å². The highest BCUT2D eigenvalue weighted by molar-refractivity contribution is 9.10. The minimum atomic E-state index is -0.887. The highest BCUT2D eigenvalue weighted by atomic mass is 79.9. The number of aryl methyl sites for hydroxylation is 2. The summed E-state index contributed by atoms with van der Waals surface area (Å²) in [7, 11) is 4.65. The number of benzene rings is 1. The molecule has 1 atom stereocenters. The second-order valence-electron chi connectivity index (χ2n) is 5.13. The fourth-order valence-electron chi connectivity index (χ4n) is 2.67. The molecule has 0 aliphatic carbocycles. The normalized spacial score (nSPS) is 12.0. The zero-order chi connectivity index (χ0) is 17.1. The van der Waals surface area contributed by atoms with Crippen LogP contribution in [0.4, 0.5) is 0 Å². The van der Waals surface area contributed by atoms with Gasteiger partial charge in [0.2, 0.25) is 5.75 Å². The number of pyridine rings is 1. The first-order valence-electron chi connectivity index (χ1n) is 7.03. The number of aromatic nitrogens is 1. The summed E-state index contributed by atoms with van der Waals surface area (Å²) >= 11 is 3.46. The lowest BCUT2D eigenvalue weighted by molar-refractivity contribution is 0.209. The molecule has 0 aliphatic rings. The predicted molar refractivity (Wildman–Crippen MR) is 91.6 cm³/mol. The van der Waals surface area contributed by atoms with E-state index in [2.05, 4.69) is 20.9 Å². The van der Waals surface area contributed by atoms with E-state index in [1.165, 1.54) is 0 Å². The molecule has 1 aromatic carbocycles. The SMILES string of the molecule is COc1cc(C)c(C(O)c2c(C)cncc2Br)c(OC)c1OC. The molecule has 0 spiro atoms. The van der Waals surface area contributed by atoms with Crippen molar-refractivity contribution in [3.63, 3.8) is 0 Å². The third-order valence-corrected chi connectivity index (χ3v) is 4.39. The van der Waals surface area contributed by atoms with Crippen LogP contribution in [0.5, 0.6) is 17.2 Å². The van der Waals surface area contributed by atoms with E-state index < -0.39 is 6.10 Å². The van der Waals surface area contributed by atoms with Crippen LogP contribution in [-0.2, 0) is 0 Å². The lowest BCUT2D eigenvalue weighted by atomic mass is 9.94. The maximum atomic E-state index is 11.0. The summed E-state index contributed by atoms with van der Waals surface area (Å²) < 4.78 is 17.0. The fourth-order valence-corrected chi connectivity index (χ4v) is 3.32. The molecule has 0 fully saturated rings. The van der Waals surface area contributed by atoms with Crippen molar-refractivity contribution >= 4 is 15.9 Å². The molecule has 2 rings (SSSR count). The first-order valence-corrected chi connectivity index (χ1v) is 7.83. The molecular weight excluding hydrogens is 362 g/mol. The summed E-state index contributed by atoms with van der Waals surface area (Å²) in [6, 6.07) is 1.82. The van der Waals surface area contributed by atoms with Gasteiger partial charge in [-0.05, 0) is 47.0 Å². The molecule has 0 amide bonds. The Hall–Kier alpha value is -1.79. The van der Waals surface area contributed by atoms with Crippen LogP contribution >= 0.6 is 15.9 Å². The molecule has 0 bridgehead atoms. The van der Waals surface area contributed by atoms with E-state index in [-0.39, 0.29) is 0 Å². The molecule has 124 valence electrons. The summed E-state index contributed by atoms with van der Waals surface area (Å²) in [6.07, 6.45) is 2.49. The van der Waals surface area contributed by atoms with Crippen molar-refractivity contribution in [3.8, 4) is 17.2 Å². The predicted octanol–water partition coefficient (Wildman–Crippen LogP) is 3.57. The number of ether oxygens (including phenoxy) is 3. The topological polar surface area (TPSA) is 60.8 Å². The summed E-state index contributed by atoms with van der Waals surface area (Å²) in [5, 5.41) is 11.0. The maximum absolute atomic E-state index is 11.0. The third kappa shape index (κ3) is 3.14. The van der Waals surface area contributed by atoms with E-state index >= 15 is 0 Å². The average molecular weight is 382 g/mol. The zero-order valence-corrected chi connectivity index (χ0v) is 15.4. The first kappa shape index (κ1) is 17.6. The van der Waals surface area contributed by atoms with Gasteiger partial charge < -0.3 is 19.3 Å². The monoisotopic (exact) mass is 381 g/mol. The Bertz CT molecular complexity index is 698. The van der Waals surface area contributed by atoms with Crippen molar-refractivity contribution in [2.24, 2.45) is 0 Å². The molecule has 0 aliphatic heterocycles. The van der Waals surface area contributed by atoms with Crippen molar-refractivity contribution in [2.45, 2.75) is 20.0 Å². The van der Waals surface area contributed by atoms with Gasteiger partial charge >= 0.3 is 0 Å². The number of hydrogen-bond acceptors (Lipinski definition) is 5. The minimum absolute atomic E-state index is 0.456. The van der Waals surface area contributed by atoms with E-state index in [1.54, 1.807) is 33.7 Å². The van der Waals surface area contributed by atoms with Crippen molar-refractivity contribution in [2.75, 3.05) is 21.3 Å². The van der Waals surface area contributed by atoms with Crippen LogP contribution in [0.2, 0.25) is 0 Å². The molecule has 1 heterocycles. The number of halogens is 1. The van der Waals surface area contributed by atoms with Gasteiger partial charge in [0.15, 0.2) is 11.5 Å². The van der Waals surface area contributed by atoms with E-state index in [4.69, 9.17) is 14.2 Å². The summed E-state index contributed by atoms with van der Waals surface area (Å²) in [5.41, 5.74) is 3.10. The molecule has 0 saturated heterocycles. The van der Waals surface area contributed by atoms with Crippen LogP contribution < -0.4 is 14.2 Å². The van der Waals surface area contributed by atoms with E-state index in [9.17, 15) is 5.11 Å². The average Bonchev–Trinajstić information content (AvgIpc) is 2.53. The first-order chi connectivity index (χ1) is 11.0. The smallest absolute Gasteiger partial charge is 0.203 e. The number of aliphatic hydroxyl groups excluding tert-OH is 1. The van der Waals surface area contributed by atoms with Crippen molar-refractivity contribution in [1.82, 2.24) is 4.98 Å². The Morgan fingerprint density at radius 3 is 2.13 bits per heavy atom. The third-order valence-electron chi connectivity index (χ3n) is 3.76. The van der Waals surface area contributed by atoms with E-state index in [1.807, 2.05) is 19.9 Å². The summed E-state index contributed by atoms with van der Waals surface area (Å²) in [6.45, 7) is 3.80. The molecule has 2 aromatic rings. The standard InChI is InChI=1S/C17H20BrNO4/c1-9-6-12(21-3)16(22-4)17(23-5)14(9)15(20)13-10(2)7-19-8-11(13)18/h6-8,15,20H,1-5H3. The van der Waals surface area contributed by atoms with Crippen molar-refractivity contribution in [3.05, 3.63) is 45.2 Å². The minimum Gasteiger partial charge on any atom is -0.493 e. The summed E-state index contributed by atoms with van der Waals surface area (Å²) in [4.78, 5) is 4.11. The molecular formula is C17H20BrNO4. The van der Waals surface area contributed by atoms with Gasteiger partial charge in [0.1, 0.15) is 6.10 Å². The Morgan fingerprint density at radius 2 is 1.61 bits per heavy atom. The van der Waals surface area contributed by atoms with Crippen LogP contribution in [0.15, 0.2) is 22.9 Å². The number of nitrogens with zero attached hydrogens (tertiary/aromatic N) is 1. The molecule has 23 heavy (non-hydrogen) atoms. The van der Waals surface area contributed by atoms with Gasteiger partial charge in [0, 0.05) is 28.0 Å². The van der Waals surface area contributed by atoms with Gasteiger partial charge in [0.25, 0.3) is 0 Å². The Kier molecular flexibility index (Phi) is 5.49. The molecule has 5 nitrogen and oxygen atoms in total. The maximum Gasteiger partial charge on any atom is 0.203 e. The second kappa shape index (κ2) is 7.19. The second-order valence-corrected chi connectivity index (χ2v) is 5.98. The fraction of sp³-hybridized carbons (Fsp3) is 0.353. The van der Waals surface area contributed by atoms with Gasteiger partial charge in [-0.1, -0.05) is 0 Å². The van der Waals surface area contributed by atoms with E-state index in [0.717, 1.165) is 21.2 Å². The number of methoxy groups -OCH3 is 3. The highest BCUT2D eigenvalue weighted by Crippen LogP contribution is 2.46. The molecule has 6 heteroatoms. The summed E-state index contributed by atoms with van der Waals surface area (Å²) in [5.74, 6) is 1.47. The van der Waals surface area contributed by atoms with Crippen molar-refractivity contribution < 1.29 is 19.3 Å². The van der Waals surface area contributed by atoms with Crippen LogP contribution in [0.3, 0.4) is 0 Å². The van der Waals surface area contributed by atoms with Crippen LogP contribution in [0.1, 0.15) is 28.4 Å². The molecule has 0 radical (unpaired) electrons. The molecule has 1 aromatic heterocycles. The van der Waals surface area contributed by atoms with Gasteiger partial charge in [-0.3, -0.25) is 4.98 Å². The number of hydrogen-bond donors (Lipinski definition) is 1. The van der Waals surface area contributed by atoms with Crippen LogP contribution in [0, 0.1) is 13.8 Å². The lowest BCUT2D eigenvalue weighted by Crippen LogP contribution is -2.09. The number of aliphatic hydroxyl groups is 1. The van der Waals surface area contributed by atoms with Crippen LogP contribution in [-0.4, -0.2) is 31.4 Å². The zero-order valence-electron chi connectivity index (χ0n) is 13.8. The quantitative estimate of drug-likeness (QED) is 0.857. The van der Waals surface area contributed by atoms with Gasteiger partial charge in [-0.15, -0.1) is 0 Å². The molecule has 1 unspecified atom stereocenters. The van der Waals surface area contributed by atoms with Gasteiger partial charge in [-0.2, -0.15) is 0 Å². The Balaban J connectivity index is 2.72. The Labute approximate surface area is 144 Å². The molecule has 0 saturated carbocycles.